The van der Waals surface area contributed by atoms with Crippen molar-refractivity contribution in [3.63, 3.8) is 0 Å². The maximum Gasteiger partial charge on any atom is 0.0992 e. The quantitative estimate of drug-likeness (QED) is 0.199. The number of rotatable bonds is 4. The molecule has 0 amide bonds. The van der Waals surface area contributed by atoms with E-state index in [2.05, 4.69) is 137 Å². The lowest BCUT2D eigenvalue weighted by molar-refractivity contribution is 1.18. The zero-order valence-electron chi connectivity index (χ0n) is 25.8. The molecular weight excluding hydrogens is 585 g/mol. The fraction of sp³-hybridized carbons (Fsp3) is 0. The number of nitrogens with zero attached hydrogens (tertiary/aromatic N) is 4. The van der Waals surface area contributed by atoms with Gasteiger partial charge in [-0.2, -0.15) is 10.5 Å². The van der Waals surface area contributed by atoms with Gasteiger partial charge in [0, 0.05) is 32.8 Å². The number of hydrogen-bond donors (Lipinski definition) is 0. The molecule has 2 heterocycles. The molecule has 0 bridgehead atoms. The Morgan fingerprint density at radius 2 is 0.917 bits per heavy atom. The number of aromatic nitrogens is 2. The van der Waals surface area contributed by atoms with E-state index in [1.54, 1.807) is 0 Å². The third-order valence-corrected chi connectivity index (χ3v) is 9.36. The number of nitriles is 2. The summed E-state index contributed by atoms with van der Waals surface area (Å²) in [6, 6.07) is 59.0. The Bertz CT molecular complexity index is 2750. The van der Waals surface area contributed by atoms with E-state index in [0.29, 0.717) is 11.1 Å². The maximum absolute atomic E-state index is 10.1. The smallest absolute Gasteiger partial charge is 0.0992 e. The molecule has 0 unspecified atom stereocenters. The SMILES string of the molecule is N#Cc1cc(-c2ccc(-n3c4ccccc4c4cc(C#N)ccc43)cc2)cc(-c2ccccc2-n2c3ccccc3c3ccccc32)c1. The minimum Gasteiger partial charge on any atom is -0.309 e. The van der Waals surface area contributed by atoms with E-state index >= 15 is 0 Å². The molecule has 7 aromatic carbocycles. The van der Waals surface area contributed by atoms with Crippen LogP contribution in [0.5, 0.6) is 0 Å². The van der Waals surface area contributed by atoms with Crippen LogP contribution >= 0.6 is 0 Å². The maximum atomic E-state index is 10.1. The Balaban J connectivity index is 1.18. The molecule has 0 aliphatic rings. The Morgan fingerprint density at radius 3 is 1.58 bits per heavy atom. The topological polar surface area (TPSA) is 57.4 Å². The molecule has 0 saturated heterocycles. The Labute approximate surface area is 277 Å². The van der Waals surface area contributed by atoms with Crippen LogP contribution in [0.3, 0.4) is 0 Å². The molecule has 0 aliphatic heterocycles. The van der Waals surface area contributed by atoms with Gasteiger partial charge in [-0.15, -0.1) is 0 Å². The molecular formula is C44H26N4. The van der Waals surface area contributed by atoms with Crippen molar-refractivity contribution in [1.82, 2.24) is 9.13 Å². The summed E-state index contributed by atoms with van der Waals surface area (Å²) in [7, 11) is 0. The normalized spacial score (nSPS) is 11.3. The highest BCUT2D eigenvalue weighted by atomic mass is 15.0. The molecule has 0 N–H and O–H groups in total. The van der Waals surface area contributed by atoms with Crippen molar-refractivity contribution in [1.29, 1.82) is 10.5 Å². The molecule has 0 fully saturated rings. The largest absolute Gasteiger partial charge is 0.309 e. The zero-order valence-corrected chi connectivity index (χ0v) is 25.8. The number of fused-ring (bicyclic) bond motifs is 6. The molecule has 9 rings (SSSR count). The van der Waals surface area contributed by atoms with Crippen LogP contribution in [0.4, 0.5) is 0 Å². The highest BCUT2D eigenvalue weighted by Gasteiger charge is 2.17. The molecule has 9 aromatic rings. The van der Waals surface area contributed by atoms with Gasteiger partial charge in [0.15, 0.2) is 0 Å². The predicted octanol–water partition coefficient (Wildman–Crippen LogP) is 11.0. The molecule has 0 saturated carbocycles. The van der Waals surface area contributed by atoms with E-state index in [0.717, 1.165) is 66.5 Å². The molecule has 0 spiro atoms. The van der Waals surface area contributed by atoms with Gasteiger partial charge >= 0.3 is 0 Å². The van der Waals surface area contributed by atoms with Gasteiger partial charge in [-0.05, 0) is 89.5 Å². The van der Waals surface area contributed by atoms with Gasteiger partial charge in [0.05, 0.1) is 51.0 Å². The van der Waals surface area contributed by atoms with Crippen molar-refractivity contribution in [3.8, 4) is 45.8 Å². The monoisotopic (exact) mass is 610 g/mol. The minimum atomic E-state index is 0.610. The van der Waals surface area contributed by atoms with Crippen molar-refractivity contribution in [3.05, 3.63) is 169 Å². The van der Waals surface area contributed by atoms with Crippen LogP contribution in [0.2, 0.25) is 0 Å². The molecule has 4 nitrogen and oxygen atoms in total. The molecule has 0 aliphatic carbocycles. The molecule has 48 heavy (non-hydrogen) atoms. The fourth-order valence-electron chi connectivity index (χ4n) is 7.23. The van der Waals surface area contributed by atoms with Crippen LogP contribution < -0.4 is 0 Å². The summed E-state index contributed by atoms with van der Waals surface area (Å²) in [5.74, 6) is 0. The second-order valence-electron chi connectivity index (χ2n) is 12.0. The van der Waals surface area contributed by atoms with Crippen molar-refractivity contribution in [2.75, 3.05) is 0 Å². The molecule has 222 valence electrons. The summed E-state index contributed by atoms with van der Waals surface area (Å²) in [6.45, 7) is 0. The Morgan fingerprint density at radius 1 is 0.375 bits per heavy atom. The number of benzene rings is 7. The lowest BCUT2D eigenvalue weighted by atomic mass is 9.95. The minimum absolute atomic E-state index is 0.610. The summed E-state index contributed by atoms with van der Waals surface area (Å²) in [5, 5.41) is 24.3. The Kier molecular flexibility index (Phi) is 6.22. The molecule has 4 heteroatoms. The summed E-state index contributed by atoms with van der Waals surface area (Å²) in [6.07, 6.45) is 0. The van der Waals surface area contributed by atoms with E-state index in [-0.39, 0.29) is 0 Å². The molecule has 0 atom stereocenters. The van der Waals surface area contributed by atoms with E-state index in [4.69, 9.17) is 0 Å². The van der Waals surface area contributed by atoms with Crippen molar-refractivity contribution in [2.24, 2.45) is 0 Å². The molecule has 0 radical (unpaired) electrons. The van der Waals surface area contributed by atoms with Crippen LogP contribution in [0.25, 0.3) is 77.2 Å². The second kappa shape index (κ2) is 10.9. The zero-order chi connectivity index (χ0) is 32.2. The average molecular weight is 611 g/mol. The third kappa shape index (κ3) is 4.22. The summed E-state index contributed by atoms with van der Waals surface area (Å²) >= 11 is 0. The standard InChI is InChI=1S/C44H26N4/c45-27-29-17-22-44-39(25-29)38-12-4-6-14-41(38)47(44)34-20-18-31(19-21-34)32-23-30(28-46)24-33(26-32)35-9-1-5-13-40(35)48-42-15-7-2-10-36(42)37-11-3-8-16-43(37)48/h1-26H. The lowest BCUT2D eigenvalue weighted by Gasteiger charge is -2.15. The van der Waals surface area contributed by atoms with Gasteiger partial charge in [0.2, 0.25) is 0 Å². The summed E-state index contributed by atoms with van der Waals surface area (Å²) in [4.78, 5) is 0. The van der Waals surface area contributed by atoms with Crippen molar-refractivity contribution < 1.29 is 0 Å². The average Bonchev–Trinajstić information content (AvgIpc) is 3.67. The summed E-state index contributed by atoms with van der Waals surface area (Å²) in [5.41, 5.74) is 11.8. The second-order valence-corrected chi connectivity index (χ2v) is 12.0. The fourth-order valence-corrected chi connectivity index (χ4v) is 7.23. The van der Waals surface area contributed by atoms with E-state index < -0.39 is 0 Å². The van der Waals surface area contributed by atoms with Gasteiger partial charge in [-0.1, -0.05) is 84.9 Å². The lowest BCUT2D eigenvalue weighted by Crippen LogP contribution is -1.97. The number of para-hydroxylation sites is 4. The highest BCUT2D eigenvalue weighted by Crippen LogP contribution is 2.38. The first-order valence-corrected chi connectivity index (χ1v) is 15.9. The highest BCUT2D eigenvalue weighted by molar-refractivity contribution is 6.10. The predicted molar refractivity (Wildman–Crippen MR) is 195 cm³/mol. The van der Waals surface area contributed by atoms with Crippen LogP contribution in [-0.4, -0.2) is 9.13 Å². The van der Waals surface area contributed by atoms with E-state index in [1.165, 1.54) is 10.8 Å². The van der Waals surface area contributed by atoms with Crippen molar-refractivity contribution in [2.45, 2.75) is 0 Å². The first-order valence-electron chi connectivity index (χ1n) is 15.9. The first kappa shape index (κ1) is 27.4. The van der Waals surface area contributed by atoms with Gasteiger partial charge in [0.25, 0.3) is 0 Å². The van der Waals surface area contributed by atoms with Crippen LogP contribution in [0.1, 0.15) is 11.1 Å². The van der Waals surface area contributed by atoms with E-state index in [9.17, 15) is 10.5 Å². The molecule has 2 aromatic heterocycles. The third-order valence-electron chi connectivity index (χ3n) is 9.36. The van der Waals surface area contributed by atoms with Gasteiger partial charge in [-0.3, -0.25) is 0 Å². The Hall–Kier alpha value is -6.88. The van der Waals surface area contributed by atoms with Crippen LogP contribution in [0, 0.1) is 22.7 Å². The van der Waals surface area contributed by atoms with Gasteiger partial charge in [-0.25, -0.2) is 0 Å². The van der Waals surface area contributed by atoms with Crippen LogP contribution in [0.15, 0.2) is 158 Å². The first-order chi connectivity index (χ1) is 23.7. The van der Waals surface area contributed by atoms with Crippen molar-refractivity contribution >= 4 is 43.6 Å². The van der Waals surface area contributed by atoms with Gasteiger partial charge < -0.3 is 9.13 Å². The number of hydrogen-bond acceptors (Lipinski definition) is 2. The van der Waals surface area contributed by atoms with Crippen LogP contribution in [-0.2, 0) is 0 Å². The van der Waals surface area contributed by atoms with Gasteiger partial charge in [0.1, 0.15) is 0 Å². The van der Waals surface area contributed by atoms with E-state index in [1.807, 2.05) is 42.5 Å². The summed E-state index contributed by atoms with van der Waals surface area (Å²) < 4.78 is 4.58.